The molecule has 1 aromatic carbocycles. The number of amides is 1. The van der Waals surface area contributed by atoms with Crippen LogP contribution in [0.1, 0.15) is 23.2 Å². The fourth-order valence-corrected chi connectivity index (χ4v) is 1.99. The highest BCUT2D eigenvalue weighted by atomic mass is 35.5. The second-order valence-electron chi connectivity index (χ2n) is 3.83. The number of carbonyl (C=O) groups is 2. The van der Waals surface area contributed by atoms with E-state index < -0.39 is 17.5 Å². The van der Waals surface area contributed by atoms with E-state index in [2.05, 4.69) is 0 Å². The van der Waals surface area contributed by atoms with Gasteiger partial charge in [0, 0.05) is 13.0 Å². The molecule has 6 heteroatoms. The van der Waals surface area contributed by atoms with Crippen molar-refractivity contribution in [3.63, 3.8) is 0 Å². The summed E-state index contributed by atoms with van der Waals surface area (Å²) in [7, 11) is 0. The number of nitrogens with zero attached hydrogens (tertiary/aromatic N) is 2. The average Bonchev–Trinajstić information content (AvgIpc) is 2.56. The Labute approximate surface area is 108 Å². The Hall–Kier alpha value is -1.93. The van der Waals surface area contributed by atoms with Crippen molar-refractivity contribution in [2.75, 3.05) is 11.4 Å². The largest absolute Gasteiger partial charge is 0.305 e. The molecule has 0 bridgehead atoms. The third-order valence-electron chi connectivity index (χ3n) is 2.68. The van der Waals surface area contributed by atoms with E-state index in [1.54, 1.807) is 0 Å². The molecule has 0 N–H and O–H groups in total. The molecule has 92 valence electrons. The van der Waals surface area contributed by atoms with Crippen molar-refractivity contribution in [3.8, 4) is 6.07 Å². The van der Waals surface area contributed by atoms with Crippen LogP contribution in [0.4, 0.5) is 10.1 Å². The number of nitriles is 1. The van der Waals surface area contributed by atoms with Gasteiger partial charge in [-0.05, 0) is 18.6 Å². The first kappa shape index (κ1) is 12.5. The molecule has 1 aromatic rings. The lowest BCUT2D eigenvalue weighted by atomic mass is 10.1. The van der Waals surface area contributed by atoms with E-state index in [1.807, 2.05) is 6.07 Å². The quantitative estimate of drug-likeness (QED) is 0.623. The van der Waals surface area contributed by atoms with Gasteiger partial charge in [-0.3, -0.25) is 9.59 Å². The fourth-order valence-electron chi connectivity index (χ4n) is 1.83. The van der Waals surface area contributed by atoms with Crippen LogP contribution in [0.3, 0.4) is 0 Å². The summed E-state index contributed by atoms with van der Waals surface area (Å²) in [6.45, 7) is 0.214. The average molecular weight is 267 g/mol. The summed E-state index contributed by atoms with van der Waals surface area (Å²) in [5.41, 5.74) is 0.341. The number of unbranched alkanes of at least 4 members (excludes halogenated alkanes) is 1. The molecule has 0 saturated carbocycles. The molecule has 1 aliphatic heterocycles. The maximum Gasteiger partial charge on any atom is 0.299 e. The van der Waals surface area contributed by atoms with Crippen LogP contribution in [0.5, 0.6) is 0 Å². The lowest BCUT2D eigenvalue weighted by molar-refractivity contribution is -0.114. The Morgan fingerprint density at radius 1 is 1.39 bits per heavy atom. The van der Waals surface area contributed by atoms with Crippen molar-refractivity contribution < 1.29 is 14.0 Å². The van der Waals surface area contributed by atoms with Gasteiger partial charge < -0.3 is 4.90 Å². The first-order valence-electron chi connectivity index (χ1n) is 5.28. The zero-order valence-electron chi connectivity index (χ0n) is 9.24. The van der Waals surface area contributed by atoms with Gasteiger partial charge in [-0.2, -0.15) is 5.26 Å². The van der Waals surface area contributed by atoms with Crippen molar-refractivity contribution in [3.05, 3.63) is 28.5 Å². The van der Waals surface area contributed by atoms with Crippen molar-refractivity contribution in [1.82, 2.24) is 0 Å². The lowest BCUT2D eigenvalue weighted by Gasteiger charge is -2.15. The normalized spacial score (nSPS) is 13.7. The maximum atomic E-state index is 13.4. The predicted molar refractivity (Wildman–Crippen MR) is 62.9 cm³/mol. The van der Waals surface area contributed by atoms with Gasteiger partial charge in [0.15, 0.2) is 0 Å². The second-order valence-corrected chi connectivity index (χ2v) is 4.24. The van der Waals surface area contributed by atoms with Gasteiger partial charge in [-0.1, -0.05) is 11.6 Å². The predicted octanol–water partition coefficient (Wildman–Crippen LogP) is 2.31. The van der Waals surface area contributed by atoms with Crippen LogP contribution in [0.15, 0.2) is 12.1 Å². The summed E-state index contributed by atoms with van der Waals surface area (Å²) in [5.74, 6) is -2.07. The Morgan fingerprint density at radius 3 is 2.78 bits per heavy atom. The van der Waals surface area contributed by atoms with Crippen LogP contribution in [0, 0.1) is 17.1 Å². The number of ketones is 1. The van der Waals surface area contributed by atoms with Gasteiger partial charge in [0.2, 0.25) is 0 Å². The van der Waals surface area contributed by atoms with Gasteiger partial charge in [0.05, 0.1) is 22.3 Å². The van der Waals surface area contributed by atoms with Crippen molar-refractivity contribution in [2.24, 2.45) is 0 Å². The van der Waals surface area contributed by atoms with E-state index in [-0.39, 0.29) is 29.2 Å². The zero-order chi connectivity index (χ0) is 13.3. The van der Waals surface area contributed by atoms with Crippen LogP contribution in [0.25, 0.3) is 0 Å². The maximum absolute atomic E-state index is 13.4. The summed E-state index contributed by atoms with van der Waals surface area (Å²) in [6, 6.07) is 4.18. The molecule has 0 atom stereocenters. The Balaban J connectivity index is 2.36. The molecule has 0 radical (unpaired) electrons. The van der Waals surface area contributed by atoms with Gasteiger partial charge in [-0.25, -0.2) is 4.39 Å². The van der Waals surface area contributed by atoms with Crippen LogP contribution < -0.4 is 4.90 Å². The molecule has 18 heavy (non-hydrogen) atoms. The van der Waals surface area contributed by atoms with Gasteiger partial charge >= 0.3 is 0 Å². The summed E-state index contributed by atoms with van der Waals surface area (Å²) in [6.07, 6.45) is 0.697. The summed E-state index contributed by atoms with van der Waals surface area (Å²) >= 11 is 5.58. The monoisotopic (exact) mass is 266 g/mol. The number of benzene rings is 1. The number of Topliss-reactive ketones (excluding diaryl/α,β-unsaturated/α-hetero) is 1. The van der Waals surface area contributed by atoms with E-state index in [1.165, 1.54) is 4.90 Å². The minimum Gasteiger partial charge on any atom is -0.305 e. The van der Waals surface area contributed by atoms with Crippen molar-refractivity contribution in [1.29, 1.82) is 5.26 Å². The highest BCUT2D eigenvalue weighted by Crippen LogP contribution is 2.33. The summed E-state index contributed by atoms with van der Waals surface area (Å²) in [4.78, 5) is 24.6. The molecule has 0 saturated heterocycles. The molecule has 1 heterocycles. The molecule has 0 unspecified atom stereocenters. The van der Waals surface area contributed by atoms with Crippen molar-refractivity contribution >= 4 is 29.0 Å². The molecule has 2 rings (SSSR count). The third kappa shape index (κ3) is 1.95. The highest BCUT2D eigenvalue weighted by Gasteiger charge is 2.36. The fraction of sp³-hybridized carbons (Fsp3) is 0.250. The molecule has 1 aliphatic rings. The van der Waals surface area contributed by atoms with Crippen LogP contribution in [-0.4, -0.2) is 18.2 Å². The molecule has 0 aromatic heterocycles. The highest BCUT2D eigenvalue weighted by molar-refractivity contribution is 6.52. The topological polar surface area (TPSA) is 61.2 Å². The van der Waals surface area contributed by atoms with Gasteiger partial charge in [-0.15, -0.1) is 0 Å². The first-order chi connectivity index (χ1) is 8.56. The van der Waals surface area contributed by atoms with Crippen molar-refractivity contribution in [2.45, 2.75) is 12.8 Å². The number of hydrogen-bond acceptors (Lipinski definition) is 3. The standard InChI is InChI=1S/C12H8ClFN2O2/c13-8-5-7-10(6-9(8)14)16(4-2-1-3-15)12(18)11(7)17/h5-6H,1-2,4H2. The van der Waals surface area contributed by atoms with Gasteiger partial charge in [0.25, 0.3) is 11.7 Å². The van der Waals surface area contributed by atoms with E-state index >= 15 is 0 Å². The number of carbonyl (C=O) groups excluding carboxylic acids is 2. The molecule has 0 fully saturated rings. The summed E-state index contributed by atoms with van der Waals surface area (Å²) < 4.78 is 13.4. The number of hydrogen-bond donors (Lipinski definition) is 0. The van der Waals surface area contributed by atoms with Crippen LogP contribution >= 0.6 is 11.6 Å². The Bertz CT molecular complexity index is 580. The zero-order valence-corrected chi connectivity index (χ0v) is 10.00. The minimum atomic E-state index is -0.704. The molecule has 1 amide bonds. The minimum absolute atomic E-state index is 0.114. The number of halogens is 2. The molecule has 4 nitrogen and oxygen atoms in total. The molecule has 0 aliphatic carbocycles. The molecular formula is C12H8ClFN2O2. The smallest absolute Gasteiger partial charge is 0.299 e. The van der Waals surface area contributed by atoms with Gasteiger partial charge in [0.1, 0.15) is 5.82 Å². The summed E-state index contributed by atoms with van der Waals surface area (Å²) in [5, 5.41) is 8.25. The van der Waals surface area contributed by atoms with E-state index in [4.69, 9.17) is 16.9 Å². The number of fused-ring (bicyclic) bond motifs is 1. The molecular weight excluding hydrogens is 259 g/mol. The SMILES string of the molecule is N#CCCCN1C(=O)C(=O)c2cc(Cl)c(F)cc21. The van der Waals surface area contributed by atoms with Crippen LogP contribution in [0.2, 0.25) is 5.02 Å². The van der Waals surface area contributed by atoms with E-state index in [9.17, 15) is 14.0 Å². The number of rotatable bonds is 3. The third-order valence-corrected chi connectivity index (χ3v) is 2.97. The van der Waals surface area contributed by atoms with E-state index in [0.717, 1.165) is 12.1 Å². The second kappa shape index (κ2) is 4.75. The lowest BCUT2D eigenvalue weighted by Crippen LogP contribution is -2.30. The Kier molecular flexibility index (Phi) is 3.30. The first-order valence-corrected chi connectivity index (χ1v) is 5.66. The van der Waals surface area contributed by atoms with Crippen LogP contribution in [-0.2, 0) is 4.79 Å². The Morgan fingerprint density at radius 2 is 2.11 bits per heavy atom. The van der Waals surface area contributed by atoms with E-state index in [0.29, 0.717) is 6.42 Å². The number of anilines is 1. The molecule has 0 spiro atoms.